The Labute approximate surface area is 124 Å². The summed E-state index contributed by atoms with van der Waals surface area (Å²) < 4.78 is 5.08. The van der Waals surface area contributed by atoms with Crippen LogP contribution in [0, 0.1) is 0 Å². The lowest BCUT2D eigenvalue weighted by Crippen LogP contribution is -2.13. The van der Waals surface area contributed by atoms with E-state index in [1.54, 1.807) is 25.3 Å². The van der Waals surface area contributed by atoms with Crippen molar-refractivity contribution in [2.45, 2.75) is 19.8 Å². The fraction of sp³-hybridized carbons (Fsp3) is 0.235. The smallest absolute Gasteiger partial charge is 0.255 e. The highest BCUT2D eigenvalue weighted by molar-refractivity contribution is 6.05. The molecule has 0 spiro atoms. The molecule has 0 aromatic heterocycles. The lowest BCUT2D eigenvalue weighted by atomic mass is 10.0. The molecular weight excluding hydrogens is 264 g/mol. The molecule has 1 amide bonds. The maximum Gasteiger partial charge on any atom is 0.255 e. The number of hydrogen-bond acceptors (Lipinski definition) is 3. The molecule has 2 rings (SSSR count). The zero-order valence-electron chi connectivity index (χ0n) is 12.5. The number of nitrogen functional groups attached to an aromatic ring is 1. The van der Waals surface area contributed by atoms with E-state index in [1.165, 1.54) is 5.56 Å². The summed E-state index contributed by atoms with van der Waals surface area (Å²) in [7, 11) is 1.57. The van der Waals surface area contributed by atoms with Gasteiger partial charge in [0.05, 0.1) is 18.5 Å². The van der Waals surface area contributed by atoms with Gasteiger partial charge in [-0.05, 0) is 35.7 Å². The van der Waals surface area contributed by atoms with Crippen LogP contribution in [-0.4, -0.2) is 13.0 Å². The van der Waals surface area contributed by atoms with Crippen molar-refractivity contribution < 1.29 is 9.53 Å². The largest absolute Gasteiger partial charge is 0.497 e. The SMILES string of the molecule is COc1ccc(NC(=O)c2ccc(C(C)C)cc2)c(N)c1. The van der Waals surface area contributed by atoms with Crippen LogP contribution >= 0.6 is 0 Å². The first kappa shape index (κ1) is 14.9. The monoisotopic (exact) mass is 284 g/mol. The average Bonchev–Trinajstić information content (AvgIpc) is 2.49. The molecule has 0 saturated heterocycles. The van der Waals surface area contributed by atoms with Crippen molar-refractivity contribution in [1.82, 2.24) is 0 Å². The van der Waals surface area contributed by atoms with Crippen LogP contribution in [0.25, 0.3) is 0 Å². The maximum absolute atomic E-state index is 12.2. The van der Waals surface area contributed by atoms with Crippen molar-refractivity contribution in [3.63, 3.8) is 0 Å². The minimum Gasteiger partial charge on any atom is -0.497 e. The Morgan fingerprint density at radius 2 is 1.81 bits per heavy atom. The Bertz CT molecular complexity index is 634. The van der Waals surface area contributed by atoms with Crippen molar-refractivity contribution in [1.29, 1.82) is 0 Å². The molecule has 0 heterocycles. The Hall–Kier alpha value is -2.49. The number of ether oxygens (including phenoxy) is 1. The molecule has 0 radical (unpaired) electrons. The molecule has 0 saturated carbocycles. The number of carbonyl (C=O) groups is 1. The molecule has 0 aliphatic rings. The topological polar surface area (TPSA) is 64.3 Å². The highest BCUT2D eigenvalue weighted by Crippen LogP contribution is 2.24. The molecule has 3 N–H and O–H groups in total. The number of rotatable bonds is 4. The Morgan fingerprint density at radius 3 is 2.33 bits per heavy atom. The van der Waals surface area contributed by atoms with Crippen molar-refractivity contribution in [2.24, 2.45) is 0 Å². The van der Waals surface area contributed by atoms with E-state index < -0.39 is 0 Å². The van der Waals surface area contributed by atoms with E-state index in [0.29, 0.717) is 28.6 Å². The molecule has 0 aliphatic carbocycles. The van der Waals surface area contributed by atoms with Crippen LogP contribution in [0.1, 0.15) is 35.7 Å². The summed E-state index contributed by atoms with van der Waals surface area (Å²) >= 11 is 0. The van der Waals surface area contributed by atoms with Gasteiger partial charge in [0.15, 0.2) is 0 Å². The van der Waals surface area contributed by atoms with Crippen LogP contribution in [0.3, 0.4) is 0 Å². The number of amides is 1. The number of anilines is 2. The summed E-state index contributed by atoms with van der Waals surface area (Å²) in [6.45, 7) is 4.24. The van der Waals surface area contributed by atoms with Crippen LogP contribution < -0.4 is 15.8 Å². The van der Waals surface area contributed by atoms with Gasteiger partial charge in [0.2, 0.25) is 0 Å². The van der Waals surface area contributed by atoms with Crippen molar-refractivity contribution in [2.75, 3.05) is 18.2 Å². The minimum absolute atomic E-state index is 0.179. The number of methoxy groups -OCH3 is 1. The Morgan fingerprint density at radius 1 is 1.14 bits per heavy atom. The van der Waals surface area contributed by atoms with Crippen molar-refractivity contribution in [3.05, 3.63) is 53.6 Å². The average molecular weight is 284 g/mol. The zero-order valence-corrected chi connectivity index (χ0v) is 12.5. The molecule has 2 aromatic carbocycles. The molecule has 2 aromatic rings. The first-order valence-electron chi connectivity index (χ1n) is 6.86. The van der Waals surface area contributed by atoms with E-state index in [1.807, 2.05) is 24.3 Å². The highest BCUT2D eigenvalue weighted by atomic mass is 16.5. The van der Waals surface area contributed by atoms with Gasteiger partial charge in [-0.2, -0.15) is 0 Å². The molecule has 4 heteroatoms. The second-order valence-electron chi connectivity index (χ2n) is 5.18. The number of nitrogens with one attached hydrogen (secondary N) is 1. The second kappa shape index (κ2) is 6.31. The zero-order chi connectivity index (χ0) is 15.4. The van der Waals surface area contributed by atoms with E-state index >= 15 is 0 Å². The van der Waals surface area contributed by atoms with Gasteiger partial charge in [-0.1, -0.05) is 26.0 Å². The van der Waals surface area contributed by atoms with Crippen LogP contribution in [0.5, 0.6) is 5.75 Å². The molecule has 0 atom stereocenters. The van der Waals surface area contributed by atoms with E-state index in [2.05, 4.69) is 19.2 Å². The summed E-state index contributed by atoms with van der Waals surface area (Å²) in [6.07, 6.45) is 0. The predicted molar refractivity (Wildman–Crippen MR) is 85.9 cm³/mol. The summed E-state index contributed by atoms with van der Waals surface area (Å²) in [5.74, 6) is 0.924. The van der Waals surface area contributed by atoms with E-state index in [4.69, 9.17) is 10.5 Å². The third-order valence-corrected chi connectivity index (χ3v) is 3.35. The molecule has 110 valence electrons. The molecular formula is C17H20N2O2. The molecule has 0 unspecified atom stereocenters. The van der Waals surface area contributed by atoms with Gasteiger partial charge in [0.25, 0.3) is 5.91 Å². The van der Waals surface area contributed by atoms with E-state index in [-0.39, 0.29) is 5.91 Å². The van der Waals surface area contributed by atoms with Gasteiger partial charge in [-0.25, -0.2) is 0 Å². The van der Waals surface area contributed by atoms with Gasteiger partial charge in [0, 0.05) is 11.6 Å². The Balaban J connectivity index is 2.14. The van der Waals surface area contributed by atoms with Crippen molar-refractivity contribution in [3.8, 4) is 5.75 Å². The van der Waals surface area contributed by atoms with Gasteiger partial charge >= 0.3 is 0 Å². The highest BCUT2D eigenvalue weighted by Gasteiger charge is 2.09. The van der Waals surface area contributed by atoms with Crippen LogP contribution in [-0.2, 0) is 0 Å². The van der Waals surface area contributed by atoms with E-state index in [0.717, 1.165) is 0 Å². The first-order valence-corrected chi connectivity index (χ1v) is 6.86. The fourth-order valence-electron chi connectivity index (χ4n) is 2.00. The third kappa shape index (κ3) is 3.54. The molecule has 0 bridgehead atoms. The Kier molecular flexibility index (Phi) is 4.48. The standard InChI is InChI=1S/C17H20N2O2/c1-11(2)12-4-6-13(7-5-12)17(20)19-16-9-8-14(21-3)10-15(16)18/h4-11H,18H2,1-3H3,(H,19,20). The molecule has 0 fully saturated rings. The van der Waals surface area contributed by atoms with Crippen molar-refractivity contribution >= 4 is 17.3 Å². The number of hydrogen-bond donors (Lipinski definition) is 2. The summed E-state index contributed by atoms with van der Waals surface area (Å²) in [5, 5.41) is 2.81. The lowest BCUT2D eigenvalue weighted by Gasteiger charge is -2.10. The number of carbonyl (C=O) groups excluding carboxylic acids is 1. The van der Waals surface area contributed by atoms with Crippen LogP contribution in [0.2, 0.25) is 0 Å². The number of benzene rings is 2. The second-order valence-corrected chi connectivity index (χ2v) is 5.18. The van der Waals surface area contributed by atoms with Crippen LogP contribution in [0.4, 0.5) is 11.4 Å². The van der Waals surface area contributed by atoms with Gasteiger partial charge < -0.3 is 15.8 Å². The molecule has 0 aliphatic heterocycles. The summed E-state index contributed by atoms with van der Waals surface area (Å²) in [4.78, 5) is 12.2. The maximum atomic E-state index is 12.2. The quantitative estimate of drug-likeness (QED) is 0.842. The third-order valence-electron chi connectivity index (χ3n) is 3.35. The molecule has 21 heavy (non-hydrogen) atoms. The van der Waals surface area contributed by atoms with Gasteiger partial charge in [-0.15, -0.1) is 0 Å². The predicted octanol–water partition coefficient (Wildman–Crippen LogP) is 3.65. The number of nitrogens with two attached hydrogens (primary N) is 1. The first-order chi connectivity index (χ1) is 10.0. The van der Waals surface area contributed by atoms with E-state index in [9.17, 15) is 4.79 Å². The fourth-order valence-corrected chi connectivity index (χ4v) is 2.00. The normalized spacial score (nSPS) is 10.5. The summed E-state index contributed by atoms with van der Waals surface area (Å²) in [6, 6.07) is 12.8. The van der Waals surface area contributed by atoms with Gasteiger partial charge in [-0.3, -0.25) is 4.79 Å². The van der Waals surface area contributed by atoms with Gasteiger partial charge in [0.1, 0.15) is 5.75 Å². The summed E-state index contributed by atoms with van der Waals surface area (Å²) in [5.41, 5.74) is 8.75. The molecule has 4 nitrogen and oxygen atoms in total. The van der Waals surface area contributed by atoms with Crippen LogP contribution in [0.15, 0.2) is 42.5 Å². The lowest BCUT2D eigenvalue weighted by molar-refractivity contribution is 0.102. The minimum atomic E-state index is -0.179.